The minimum Gasteiger partial charge on any atom is -0.374 e. The fraction of sp³-hybridized carbons (Fsp3) is 0.333. The fourth-order valence-electron chi connectivity index (χ4n) is 0.349. The number of hydrogen-bond donors (Lipinski definition) is 1. The summed E-state index contributed by atoms with van der Waals surface area (Å²) in [5, 5.41) is 2.17. The van der Waals surface area contributed by atoms with E-state index in [1.54, 1.807) is 0 Å². The number of rotatable bonds is 1. The zero-order valence-corrected chi connectivity index (χ0v) is 6.09. The van der Waals surface area contributed by atoms with Gasteiger partial charge in [0, 0.05) is 0 Å². The molecule has 0 saturated carbocycles. The van der Waals surface area contributed by atoms with Crippen LogP contribution in [0.4, 0.5) is 13.9 Å². The van der Waals surface area contributed by atoms with Crippen LogP contribution in [-0.4, -0.2) is 10.2 Å². The number of nitrogen functional groups attached to an aromatic ring is 1. The van der Waals surface area contributed by atoms with Crippen molar-refractivity contribution in [1.29, 1.82) is 0 Å². The van der Waals surface area contributed by atoms with Gasteiger partial charge in [-0.2, -0.15) is 8.78 Å². The standard InChI is InChI=1S/C3H2ClF2N3S/c4-3(5,6)1-8-9-2(7)10-1/h(H2,7,9). The summed E-state index contributed by atoms with van der Waals surface area (Å²) in [6.07, 6.45) is 0. The van der Waals surface area contributed by atoms with E-state index in [0.717, 1.165) is 0 Å². The molecule has 0 spiro atoms. The summed E-state index contributed by atoms with van der Waals surface area (Å²) in [5.74, 6) is 0. The molecule has 10 heavy (non-hydrogen) atoms. The van der Waals surface area contributed by atoms with E-state index in [2.05, 4.69) is 21.8 Å². The van der Waals surface area contributed by atoms with E-state index in [-0.39, 0.29) is 5.13 Å². The van der Waals surface area contributed by atoms with Gasteiger partial charge in [-0.25, -0.2) is 0 Å². The zero-order valence-electron chi connectivity index (χ0n) is 4.51. The second-order valence-corrected chi connectivity index (χ2v) is 2.93. The molecular weight excluding hydrogens is 184 g/mol. The fourth-order valence-corrected chi connectivity index (χ4v) is 0.980. The first-order chi connectivity index (χ1) is 4.50. The summed E-state index contributed by atoms with van der Waals surface area (Å²) in [6, 6.07) is 0. The van der Waals surface area contributed by atoms with Crippen LogP contribution in [0.1, 0.15) is 5.01 Å². The molecule has 0 atom stereocenters. The first kappa shape index (κ1) is 7.62. The van der Waals surface area contributed by atoms with Crippen LogP contribution < -0.4 is 5.73 Å². The normalized spacial score (nSPS) is 11.9. The summed E-state index contributed by atoms with van der Waals surface area (Å²) in [7, 11) is 0. The molecule has 0 radical (unpaired) electrons. The van der Waals surface area contributed by atoms with Gasteiger partial charge in [-0.05, 0) is 11.6 Å². The maximum atomic E-state index is 12.1. The van der Waals surface area contributed by atoms with Gasteiger partial charge in [0.2, 0.25) is 10.1 Å². The average molecular weight is 186 g/mol. The van der Waals surface area contributed by atoms with E-state index in [1.807, 2.05) is 0 Å². The molecule has 1 heterocycles. The molecule has 0 aliphatic rings. The lowest BCUT2D eigenvalue weighted by atomic mass is 10.7. The molecule has 3 nitrogen and oxygen atoms in total. The summed E-state index contributed by atoms with van der Waals surface area (Å²) in [6.45, 7) is 0. The van der Waals surface area contributed by atoms with Crippen molar-refractivity contribution in [3.05, 3.63) is 5.01 Å². The SMILES string of the molecule is Nc1nnc(C(F)(F)Cl)s1. The quantitative estimate of drug-likeness (QED) is 0.673. The van der Waals surface area contributed by atoms with E-state index in [4.69, 9.17) is 5.73 Å². The van der Waals surface area contributed by atoms with E-state index in [1.165, 1.54) is 0 Å². The zero-order chi connectivity index (χ0) is 7.78. The number of nitrogens with two attached hydrogens (primary N) is 1. The first-order valence-corrected chi connectivity index (χ1v) is 3.36. The summed E-state index contributed by atoms with van der Waals surface area (Å²) >= 11 is 5.16. The second-order valence-electron chi connectivity index (χ2n) is 1.44. The van der Waals surface area contributed by atoms with Crippen LogP contribution in [0.3, 0.4) is 0 Å². The van der Waals surface area contributed by atoms with Gasteiger partial charge in [0.05, 0.1) is 0 Å². The van der Waals surface area contributed by atoms with Crippen molar-refractivity contribution < 1.29 is 8.78 Å². The molecule has 7 heteroatoms. The highest BCUT2D eigenvalue weighted by Crippen LogP contribution is 2.34. The second kappa shape index (κ2) is 2.28. The molecular formula is C3H2ClF2N3S. The van der Waals surface area contributed by atoms with Crippen LogP contribution in [0, 0.1) is 0 Å². The Labute approximate surface area is 63.8 Å². The molecule has 0 bridgehead atoms. The Kier molecular flexibility index (Phi) is 1.74. The maximum Gasteiger partial charge on any atom is 0.375 e. The molecule has 0 aromatic carbocycles. The van der Waals surface area contributed by atoms with Crippen LogP contribution >= 0.6 is 22.9 Å². The predicted octanol–water partition coefficient (Wildman–Crippen LogP) is 1.41. The minimum atomic E-state index is -3.45. The molecule has 0 fully saturated rings. The van der Waals surface area contributed by atoms with Crippen LogP contribution in [0.5, 0.6) is 0 Å². The smallest absolute Gasteiger partial charge is 0.374 e. The molecule has 0 aliphatic heterocycles. The van der Waals surface area contributed by atoms with Gasteiger partial charge in [-0.3, -0.25) is 0 Å². The molecule has 1 rings (SSSR count). The van der Waals surface area contributed by atoms with E-state index < -0.39 is 10.4 Å². The highest BCUT2D eigenvalue weighted by Gasteiger charge is 2.32. The average Bonchev–Trinajstić information content (AvgIpc) is 2.11. The Bertz CT molecular complexity index is 232. The largest absolute Gasteiger partial charge is 0.375 e. The molecule has 56 valence electrons. The van der Waals surface area contributed by atoms with Gasteiger partial charge >= 0.3 is 5.38 Å². The van der Waals surface area contributed by atoms with Crippen LogP contribution in [-0.2, 0) is 5.38 Å². The van der Waals surface area contributed by atoms with E-state index in [9.17, 15) is 8.78 Å². The summed E-state index contributed by atoms with van der Waals surface area (Å²) in [4.78, 5) is 0. The number of alkyl halides is 3. The van der Waals surface area contributed by atoms with Crippen molar-refractivity contribution in [2.75, 3.05) is 5.73 Å². The highest BCUT2D eigenvalue weighted by atomic mass is 35.5. The number of nitrogens with zero attached hydrogens (tertiary/aromatic N) is 2. The third kappa shape index (κ3) is 1.51. The predicted molar refractivity (Wildman–Crippen MR) is 34.1 cm³/mol. The molecule has 1 aromatic heterocycles. The number of anilines is 1. The van der Waals surface area contributed by atoms with Gasteiger partial charge in [-0.15, -0.1) is 10.2 Å². The first-order valence-electron chi connectivity index (χ1n) is 2.16. The van der Waals surface area contributed by atoms with Gasteiger partial charge in [0.1, 0.15) is 0 Å². The van der Waals surface area contributed by atoms with Crippen molar-refractivity contribution in [3.63, 3.8) is 0 Å². The molecule has 2 N–H and O–H groups in total. The van der Waals surface area contributed by atoms with Gasteiger partial charge in [0.25, 0.3) is 0 Å². The molecule has 0 saturated heterocycles. The number of hydrogen-bond acceptors (Lipinski definition) is 4. The van der Waals surface area contributed by atoms with Gasteiger partial charge in [-0.1, -0.05) is 11.3 Å². The maximum absolute atomic E-state index is 12.1. The monoisotopic (exact) mass is 185 g/mol. The Morgan fingerprint density at radius 2 is 2.10 bits per heavy atom. The van der Waals surface area contributed by atoms with E-state index in [0.29, 0.717) is 11.3 Å². The third-order valence-corrected chi connectivity index (χ3v) is 1.80. The van der Waals surface area contributed by atoms with Gasteiger partial charge in [0.15, 0.2) is 0 Å². The third-order valence-electron chi connectivity index (χ3n) is 0.683. The molecule has 0 amide bonds. The Hall–Kier alpha value is -0.490. The van der Waals surface area contributed by atoms with Crippen molar-refractivity contribution in [2.24, 2.45) is 0 Å². The van der Waals surface area contributed by atoms with Crippen LogP contribution in [0.15, 0.2) is 0 Å². The lowest BCUT2D eigenvalue weighted by Crippen LogP contribution is -2.01. The Balaban J connectivity index is 2.96. The molecule has 1 aromatic rings. The van der Waals surface area contributed by atoms with Crippen molar-refractivity contribution >= 4 is 28.1 Å². The lowest BCUT2D eigenvalue weighted by Gasteiger charge is -1.98. The van der Waals surface area contributed by atoms with Crippen LogP contribution in [0.25, 0.3) is 0 Å². The minimum absolute atomic E-state index is 0.0182. The van der Waals surface area contributed by atoms with Gasteiger partial charge < -0.3 is 5.73 Å². The molecule has 0 unspecified atom stereocenters. The van der Waals surface area contributed by atoms with Crippen molar-refractivity contribution in [2.45, 2.75) is 5.38 Å². The number of aromatic nitrogens is 2. The Morgan fingerprint density at radius 1 is 1.50 bits per heavy atom. The summed E-state index contributed by atoms with van der Waals surface area (Å²) in [5.41, 5.74) is 5.03. The Morgan fingerprint density at radius 3 is 2.30 bits per heavy atom. The number of halogens is 3. The van der Waals surface area contributed by atoms with Crippen molar-refractivity contribution in [3.8, 4) is 0 Å². The molecule has 0 aliphatic carbocycles. The highest BCUT2D eigenvalue weighted by molar-refractivity contribution is 7.15. The summed E-state index contributed by atoms with van der Waals surface area (Å²) < 4.78 is 24.2. The lowest BCUT2D eigenvalue weighted by molar-refractivity contribution is 0.0939. The van der Waals surface area contributed by atoms with E-state index >= 15 is 0 Å². The topological polar surface area (TPSA) is 51.8 Å². The van der Waals surface area contributed by atoms with Crippen molar-refractivity contribution in [1.82, 2.24) is 10.2 Å². The van der Waals surface area contributed by atoms with Crippen LogP contribution in [0.2, 0.25) is 0 Å².